The van der Waals surface area contributed by atoms with Crippen LogP contribution in [0.25, 0.3) is 0 Å². The van der Waals surface area contributed by atoms with Gasteiger partial charge in [0.05, 0.1) is 5.69 Å². The lowest BCUT2D eigenvalue weighted by Crippen LogP contribution is -2.38. The minimum atomic E-state index is -4.82. The van der Waals surface area contributed by atoms with Gasteiger partial charge in [-0.2, -0.15) is 0 Å². The van der Waals surface area contributed by atoms with E-state index in [0.717, 1.165) is 12.1 Å². The number of amides is 1. The third-order valence-corrected chi connectivity index (χ3v) is 2.94. The molecule has 0 saturated carbocycles. The van der Waals surface area contributed by atoms with Crippen LogP contribution in [0.5, 0.6) is 5.75 Å². The quantitative estimate of drug-likeness (QED) is 0.815. The van der Waals surface area contributed by atoms with Crippen molar-refractivity contribution in [2.75, 3.05) is 26.4 Å². The summed E-state index contributed by atoms with van der Waals surface area (Å²) in [7, 11) is 3.75. The molecule has 1 unspecified atom stereocenters. The van der Waals surface area contributed by atoms with E-state index in [2.05, 4.69) is 10.1 Å². The molecule has 0 bridgehead atoms. The van der Waals surface area contributed by atoms with E-state index < -0.39 is 18.0 Å². The van der Waals surface area contributed by atoms with Crippen LogP contribution < -0.4 is 15.8 Å². The summed E-state index contributed by atoms with van der Waals surface area (Å²) < 4.78 is 40.0. The van der Waals surface area contributed by atoms with Gasteiger partial charge in [-0.1, -0.05) is 0 Å². The van der Waals surface area contributed by atoms with E-state index in [1.807, 2.05) is 25.9 Å². The number of carbonyl (C=O) groups excluding carboxylic acids is 1. The first kappa shape index (κ1) is 17.1. The van der Waals surface area contributed by atoms with E-state index in [4.69, 9.17) is 5.73 Å². The van der Waals surface area contributed by atoms with Crippen molar-refractivity contribution in [3.8, 4) is 5.75 Å². The minimum Gasteiger partial charge on any atom is -0.404 e. The van der Waals surface area contributed by atoms with Gasteiger partial charge < -0.3 is 20.7 Å². The van der Waals surface area contributed by atoms with Crippen molar-refractivity contribution in [2.45, 2.75) is 19.3 Å². The van der Waals surface area contributed by atoms with Crippen LogP contribution in [-0.2, 0) is 0 Å². The van der Waals surface area contributed by atoms with E-state index in [0.29, 0.717) is 6.54 Å². The number of halogens is 3. The van der Waals surface area contributed by atoms with Gasteiger partial charge in [-0.05, 0) is 39.2 Å². The maximum absolute atomic E-state index is 12.1. The molecule has 0 fully saturated rings. The van der Waals surface area contributed by atoms with Crippen molar-refractivity contribution in [1.82, 2.24) is 10.2 Å². The van der Waals surface area contributed by atoms with Gasteiger partial charge in [-0.3, -0.25) is 4.79 Å². The van der Waals surface area contributed by atoms with E-state index in [1.54, 1.807) is 0 Å². The SMILES string of the molecule is CC(CNC(=O)c1ccc(OC(F)(F)F)c(N)c1)N(C)C. The number of hydrogen-bond acceptors (Lipinski definition) is 4. The van der Waals surface area contributed by atoms with E-state index in [1.165, 1.54) is 6.07 Å². The van der Waals surface area contributed by atoms with Crippen LogP contribution in [0.3, 0.4) is 0 Å². The number of nitrogens with one attached hydrogen (secondary N) is 1. The molecule has 118 valence electrons. The fourth-order valence-electron chi connectivity index (χ4n) is 1.43. The number of anilines is 1. The van der Waals surface area contributed by atoms with Crippen LogP contribution in [0.2, 0.25) is 0 Å². The van der Waals surface area contributed by atoms with E-state index >= 15 is 0 Å². The standard InChI is InChI=1S/C13H18F3N3O2/c1-8(19(2)3)7-18-12(20)9-4-5-11(10(17)6-9)21-13(14,15)16/h4-6,8H,7,17H2,1-3H3,(H,18,20). The normalized spacial score (nSPS) is 13.1. The number of nitrogen functional groups attached to an aromatic ring is 1. The van der Waals surface area contributed by atoms with Crippen molar-refractivity contribution in [1.29, 1.82) is 0 Å². The molecule has 21 heavy (non-hydrogen) atoms. The van der Waals surface area contributed by atoms with Gasteiger partial charge in [0.25, 0.3) is 5.91 Å². The van der Waals surface area contributed by atoms with Crippen LogP contribution in [0, 0.1) is 0 Å². The highest BCUT2D eigenvalue weighted by Gasteiger charge is 2.32. The zero-order chi connectivity index (χ0) is 16.2. The first-order valence-electron chi connectivity index (χ1n) is 6.20. The number of benzene rings is 1. The maximum atomic E-state index is 12.1. The van der Waals surface area contributed by atoms with Gasteiger partial charge >= 0.3 is 6.36 Å². The summed E-state index contributed by atoms with van der Waals surface area (Å²) in [5, 5.41) is 2.68. The number of nitrogens with zero attached hydrogens (tertiary/aromatic N) is 1. The van der Waals surface area contributed by atoms with Gasteiger partial charge in [0, 0.05) is 18.2 Å². The first-order chi connectivity index (χ1) is 9.60. The molecule has 8 heteroatoms. The monoisotopic (exact) mass is 305 g/mol. The number of likely N-dealkylation sites (N-methyl/N-ethyl adjacent to an activating group) is 1. The fraction of sp³-hybridized carbons (Fsp3) is 0.462. The van der Waals surface area contributed by atoms with Gasteiger partial charge in [0.1, 0.15) is 0 Å². The third-order valence-electron chi connectivity index (χ3n) is 2.94. The fourth-order valence-corrected chi connectivity index (χ4v) is 1.43. The van der Waals surface area contributed by atoms with Crippen LogP contribution in [0.1, 0.15) is 17.3 Å². The van der Waals surface area contributed by atoms with Gasteiger partial charge in [-0.15, -0.1) is 13.2 Å². The van der Waals surface area contributed by atoms with Gasteiger partial charge in [0.2, 0.25) is 0 Å². The van der Waals surface area contributed by atoms with Crippen LogP contribution in [0.4, 0.5) is 18.9 Å². The lowest BCUT2D eigenvalue weighted by Gasteiger charge is -2.20. The van der Waals surface area contributed by atoms with Gasteiger partial charge in [-0.25, -0.2) is 0 Å². The summed E-state index contributed by atoms with van der Waals surface area (Å²) >= 11 is 0. The predicted octanol–water partition coefficient (Wildman–Crippen LogP) is 1.85. The van der Waals surface area contributed by atoms with Crippen molar-refractivity contribution in [3.05, 3.63) is 23.8 Å². The molecule has 1 aromatic carbocycles. The number of hydrogen-bond donors (Lipinski definition) is 2. The molecule has 0 aromatic heterocycles. The minimum absolute atomic E-state index is 0.124. The predicted molar refractivity (Wildman–Crippen MR) is 73.0 cm³/mol. The molecule has 0 aliphatic carbocycles. The first-order valence-corrected chi connectivity index (χ1v) is 6.20. The average Bonchev–Trinajstić information content (AvgIpc) is 2.36. The summed E-state index contributed by atoms with van der Waals surface area (Å²) in [4.78, 5) is 13.8. The molecule has 0 saturated heterocycles. The summed E-state index contributed by atoms with van der Waals surface area (Å²) in [5.74, 6) is -0.935. The Labute approximate surface area is 120 Å². The second-order valence-electron chi connectivity index (χ2n) is 4.82. The molecule has 1 amide bonds. The van der Waals surface area contributed by atoms with Crippen molar-refractivity contribution in [2.24, 2.45) is 0 Å². The molecule has 0 radical (unpaired) electrons. The lowest BCUT2D eigenvalue weighted by molar-refractivity contribution is -0.274. The Bertz CT molecular complexity index is 504. The average molecular weight is 305 g/mol. The highest BCUT2D eigenvalue weighted by molar-refractivity contribution is 5.95. The molecule has 0 spiro atoms. The maximum Gasteiger partial charge on any atom is 0.573 e. The molecule has 1 atom stereocenters. The molecule has 1 rings (SSSR count). The molecule has 3 N–H and O–H groups in total. The molecule has 0 aliphatic heterocycles. The number of alkyl halides is 3. The Kier molecular flexibility index (Phi) is 5.42. The Balaban J connectivity index is 2.72. The van der Waals surface area contributed by atoms with E-state index in [-0.39, 0.29) is 17.3 Å². The number of rotatable bonds is 5. The van der Waals surface area contributed by atoms with Crippen molar-refractivity contribution < 1.29 is 22.7 Å². The molecular formula is C13H18F3N3O2. The number of carbonyl (C=O) groups is 1. The highest BCUT2D eigenvalue weighted by atomic mass is 19.4. The number of ether oxygens (including phenoxy) is 1. The smallest absolute Gasteiger partial charge is 0.404 e. The molecule has 1 aromatic rings. The van der Waals surface area contributed by atoms with Crippen molar-refractivity contribution >= 4 is 11.6 Å². The van der Waals surface area contributed by atoms with Gasteiger partial charge in [0.15, 0.2) is 5.75 Å². The van der Waals surface area contributed by atoms with Crippen molar-refractivity contribution in [3.63, 3.8) is 0 Å². The summed E-state index contributed by atoms with van der Waals surface area (Å²) in [5.41, 5.74) is 5.38. The van der Waals surface area contributed by atoms with E-state index in [9.17, 15) is 18.0 Å². The molecule has 5 nitrogen and oxygen atoms in total. The zero-order valence-electron chi connectivity index (χ0n) is 12.0. The summed E-state index contributed by atoms with van der Waals surface area (Å²) in [6.07, 6.45) is -4.82. The summed E-state index contributed by atoms with van der Waals surface area (Å²) in [6.45, 7) is 2.33. The van der Waals surface area contributed by atoms with Crippen LogP contribution in [0.15, 0.2) is 18.2 Å². The number of nitrogens with two attached hydrogens (primary N) is 1. The zero-order valence-corrected chi connectivity index (χ0v) is 12.0. The largest absolute Gasteiger partial charge is 0.573 e. The lowest BCUT2D eigenvalue weighted by atomic mass is 10.1. The van der Waals surface area contributed by atoms with Crippen LogP contribution in [-0.4, -0.2) is 43.9 Å². The Morgan fingerprint density at radius 1 is 1.43 bits per heavy atom. The second-order valence-corrected chi connectivity index (χ2v) is 4.82. The van der Waals surface area contributed by atoms with Crippen LogP contribution >= 0.6 is 0 Å². The third kappa shape index (κ3) is 5.50. The highest BCUT2D eigenvalue weighted by Crippen LogP contribution is 2.28. The molecule has 0 heterocycles. The Morgan fingerprint density at radius 2 is 2.05 bits per heavy atom. The summed E-state index contributed by atoms with van der Waals surface area (Å²) in [6, 6.07) is 3.52. The Hall–Kier alpha value is -1.96. The second kappa shape index (κ2) is 6.66. The molecule has 0 aliphatic rings. The topological polar surface area (TPSA) is 67.6 Å². The Morgan fingerprint density at radius 3 is 2.52 bits per heavy atom. The molecular weight excluding hydrogens is 287 g/mol.